The predicted molar refractivity (Wildman–Crippen MR) is 60.9 cm³/mol. The molecule has 0 bridgehead atoms. The van der Waals surface area contributed by atoms with E-state index in [2.05, 4.69) is 5.32 Å². The van der Waals surface area contributed by atoms with Gasteiger partial charge >= 0.3 is 5.97 Å². The molecule has 0 aromatic heterocycles. The van der Waals surface area contributed by atoms with Crippen LogP contribution in [0.1, 0.15) is 40.0 Å². The largest absolute Gasteiger partial charge is 0.481 e. The Bertz CT molecular complexity index is 277. The van der Waals surface area contributed by atoms with Gasteiger partial charge in [-0.1, -0.05) is 13.8 Å². The molecule has 0 saturated heterocycles. The molecule has 16 heavy (non-hydrogen) atoms. The third kappa shape index (κ3) is 2.97. The molecular weight excluding hydrogens is 206 g/mol. The van der Waals surface area contributed by atoms with Crippen LogP contribution in [0, 0.1) is 17.8 Å². The van der Waals surface area contributed by atoms with Gasteiger partial charge in [-0.15, -0.1) is 0 Å². The molecule has 0 aliphatic heterocycles. The summed E-state index contributed by atoms with van der Waals surface area (Å²) in [5.74, 6) is -1.45. The van der Waals surface area contributed by atoms with E-state index in [-0.39, 0.29) is 17.9 Å². The van der Waals surface area contributed by atoms with Crippen molar-refractivity contribution in [2.75, 3.05) is 0 Å². The van der Waals surface area contributed by atoms with Crippen LogP contribution in [0.3, 0.4) is 0 Å². The Labute approximate surface area is 96.4 Å². The Kier molecular flexibility index (Phi) is 4.33. The fourth-order valence-corrected chi connectivity index (χ4v) is 2.31. The average Bonchev–Trinajstić information content (AvgIpc) is 2.60. The summed E-state index contributed by atoms with van der Waals surface area (Å²) in [5.41, 5.74) is 0. The lowest BCUT2D eigenvalue weighted by Crippen LogP contribution is -2.39. The van der Waals surface area contributed by atoms with E-state index in [1.54, 1.807) is 0 Å². The summed E-state index contributed by atoms with van der Waals surface area (Å²) in [6, 6.07) is 0.123. The van der Waals surface area contributed by atoms with Gasteiger partial charge in [0.05, 0.1) is 11.8 Å². The van der Waals surface area contributed by atoms with Gasteiger partial charge in [-0.3, -0.25) is 9.59 Å². The number of carboxylic acid groups (broad SMARTS) is 1. The van der Waals surface area contributed by atoms with Crippen LogP contribution in [0.2, 0.25) is 0 Å². The van der Waals surface area contributed by atoms with Gasteiger partial charge in [0, 0.05) is 6.04 Å². The van der Waals surface area contributed by atoms with Gasteiger partial charge in [0.25, 0.3) is 0 Å². The van der Waals surface area contributed by atoms with E-state index in [1.165, 1.54) is 0 Å². The summed E-state index contributed by atoms with van der Waals surface area (Å²) in [6.45, 7) is 5.94. The molecule has 0 aromatic rings. The molecule has 1 rings (SSSR count). The topological polar surface area (TPSA) is 66.4 Å². The van der Waals surface area contributed by atoms with E-state index in [4.69, 9.17) is 5.11 Å². The zero-order valence-electron chi connectivity index (χ0n) is 10.2. The van der Waals surface area contributed by atoms with E-state index in [1.807, 2.05) is 20.8 Å². The third-order valence-corrected chi connectivity index (χ3v) is 3.45. The van der Waals surface area contributed by atoms with E-state index in [0.29, 0.717) is 18.8 Å². The highest BCUT2D eigenvalue weighted by Gasteiger charge is 2.41. The predicted octanol–water partition coefficient (Wildman–Crippen LogP) is 1.65. The second kappa shape index (κ2) is 5.32. The Morgan fingerprint density at radius 1 is 1.38 bits per heavy atom. The Morgan fingerprint density at radius 2 is 1.94 bits per heavy atom. The van der Waals surface area contributed by atoms with Crippen molar-refractivity contribution in [1.29, 1.82) is 0 Å². The molecule has 2 N–H and O–H groups in total. The molecule has 0 radical (unpaired) electrons. The molecule has 0 heterocycles. The highest BCUT2D eigenvalue weighted by Crippen LogP contribution is 2.36. The van der Waals surface area contributed by atoms with Gasteiger partial charge < -0.3 is 10.4 Å². The number of hydrogen-bond acceptors (Lipinski definition) is 2. The molecule has 4 unspecified atom stereocenters. The first-order chi connectivity index (χ1) is 7.45. The molecule has 4 heteroatoms. The van der Waals surface area contributed by atoms with Crippen molar-refractivity contribution < 1.29 is 14.7 Å². The Balaban J connectivity index is 2.63. The minimum Gasteiger partial charge on any atom is -0.481 e. The van der Waals surface area contributed by atoms with Crippen molar-refractivity contribution >= 4 is 11.9 Å². The standard InChI is InChI=1S/C12H21NO3/c1-4-8(3)13-11(14)9-5-7(2)6-10(9)12(15)16/h7-10H,4-6H2,1-3H3,(H,13,14)(H,15,16). The van der Waals surface area contributed by atoms with Crippen LogP contribution in [0.4, 0.5) is 0 Å². The molecule has 4 atom stereocenters. The third-order valence-electron chi connectivity index (χ3n) is 3.45. The molecule has 1 aliphatic rings. The zero-order valence-corrected chi connectivity index (χ0v) is 10.2. The number of carboxylic acids is 1. The molecule has 92 valence electrons. The van der Waals surface area contributed by atoms with Crippen LogP contribution in [0.25, 0.3) is 0 Å². The normalized spacial score (nSPS) is 31.1. The maximum Gasteiger partial charge on any atom is 0.307 e. The average molecular weight is 227 g/mol. The van der Waals surface area contributed by atoms with E-state index in [9.17, 15) is 9.59 Å². The van der Waals surface area contributed by atoms with Crippen molar-refractivity contribution in [2.45, 2.75) is 46.1 Å². The fraction of sp³-hybridized carbons (Fsp3) is 0.833. The second-order valence-electron chi connectivity index (χ2n) is 4.95. The lowest BCUT2D eigenvalue weighted by molar-refractivity contribution is -0.146. The van der Waals surface area contributed by atoms with Crippen molar-refractivity contribution in [3.8, 4) is 0 Å². The summed E-state index contributed by atoms with van der Waals surface area (Å²) in [4.78, 5) is 22.9. The van der Waals surface area contributed by atoms with Crippen molar-refractivity contribution in [1.82, 2.24) is 5.32 Å². The number of carbonyl (C=O) groups is 2. The quantitative estimate of drug-likeness (QED) is 0.767. The van der Waals surface area contributed by atoms with Crippen LogP contribution in [0.15, 0.2) is 0 Å². The maximum absolute atomic E-state index is 11.9. The number of amides is 1. The zero-order chi connectivity index (χ0) is 12.3. The van der Waals surface area contributed by atoms with Gasteiger partial charge in [0.15, 0.2) is 0 Å². The minimum atomic E-state index is -0.839. The first-order valence-electron chi connectivity index (χ1n) is 5.98. The van der Waals surface area contributed by atoms with Crippen molar-refractivity contribution in [3.63, 3.8) is 0 Å². The van der Waals surface area contributed by atoms with Crippen LogP contribution in [-0.4, -0.2) is 23.0 Å². The monoisotopic (exact) mass is 227 g/mol. The minimum absolute atomic E-state index is 0.0916. The lowest BCUT2D eigenvalue weighted by Gasteiger charge is -2.18. The number of carbonyl (C=O) groups excluding carboxylic acids is 1. The van der Waals surface area contributed by atoms with Crippen LogP contribution in [0.5, 0.6) is 0 Å². The van der Waals surface area contributed by atoms with Gasteiger partial charge in [-0.25, -0.2) is 0 Å². The summed E-state index contributed by atoms with van der Waals surface area (Å²) < 4.78 is 0. The molecule has 0 aromatic carbocycles. The second-order valence-corrected chi connectivity index (χ2v) is 4.95. The van der Waals surface area contributed by atoms with Crippen molar-refractivity contribution in [2.24, 2.45) is 17.8 Å². The Morgan fingerprint density at radius 3 is 2.44 bits per heavy atom. The number of rotatable bonds is 4. The molecule has 4 nitrogen and oxygen atoms in total. The highest BCUT2D eigenvalue weighted by atomic mass is 16.4. The van der Waals surface area contributed by atoms with Crippen molar-refractivity contribution in [3.05, 3.63) is 0 Å². The molecule has 1 fully saturated rings. The smallest absolute Gasteiger partial charge is 0.307 e. The van der Waals surface area contributed by atoms with Crippen LogP contribution < -0.4 is 5.32 Å². The first kappa shape index (κ1) is 13.0. The van der Waals surface area contributed by atoms with Gasteiger partial charge in [0.1, 0.15) is 0 Å². The molecular formula is C12H21NO3. The molecule has 1 saturated carbocycles. The number of aliphatic carboxylic acids is 1. The molecule has 1 aliphatic carbocycles. The fourth-order valence-electron chi connectivity index (χ4n) is 2.31. The number of nitrogens with one attached hydrogen (secondary N) is 1. The van der Waals surface area contributed by atoms with E-state index < -0.39 is 11.9 Å². The molecule has 1 amide bonds. The summed E-state index contributed by atoms with van der Waals surface area (Å²) in [5, 5.41) is 11.9. The summed E-state index contributed by atoms with van der Waals surface area (Å²) in [6.07, 6.45) is 2.18. The molecule has 0 spiro atoms. The highest BCUT2D eigenvalue weighted by molar-refractivity contribution is 5.85. The lowest BCUT2D eigenvalue weighted by atomic mass is 9.95. The van der Waals surface area contributed by atoms with Gasteiger partial charge in [0.2, 0.25) is 5.91 Å². The van der Waals surface area contributed by atoms with Gasteiger partial charge in [-0.2, -0.15) is 0 Å². The summed E-state index contributed by atoms with van der Waals surface area (Å²) in [7, 11) is 0. The Hall–Kier alpha value is -1.06. The summed E-state index contributed by atoms with van der Waals surface area (Å²) >= 11 is 0. The van der Waals surface area contributed by atoms with Crippen LogP contribution in [-0.2, 0) is 9.59 Å². The van der Waals surface area contributed by atoms with Gasteiger partial charge in [-0.05, 0) is 32.1 Å². The maximum atomic E-state index is 11.9. The van der Waals surface area contributed by atoms with Crippen LogP contribution >= 0.6 is 0 Å². The SMILES string of the molecule is CCC(C)NC(=O)C1CC(C)CC1C(=O)O. The van der Waals surface area contributed by atoms with E-state index >= 15 is 0 Å². The first-order valence-corrected chi connectivity index (χ1v) is 5.98. The number of hydrogen-bond donors (Lipinski definition) is 2. The van der Waals surface area contributed by atoms with E-state index in [0.717, 1.165) is 6.42 Å².